The van der Waals surface area contributed by atoms with Gasteiger partial charge in [-0.05, 0) is 57.4 Å². The maximum atomic E-state index is 6.39. The number of ether oxygens (including phenoxy) is 1. The van der Waals surface area contributed by atoms with Gasteiger partial charge in [-0.15, -0.1) is 0 Å². The van der Waals surface area contributed by atoms with E-state index in [1.807, 2.05) is 0 Å². The lowest BCUT2D eigenvalue weighted by Crippen LogP contribution is -2.65. The molecular formula is C12H21NO. The van der Waals surface area contributed by atoms with E-state index in [2.05, 4.69) is 19.3 Å². The minimum Gasteiger partial charge on any atom is -0.354 e. The molecule has 4 fully saturated rings. The lowest BCUT2D eigenvalue weighted by molar-refractivity contribution is -0.284. The van der Waals surface area contributed by atoms with Crippen LogP contribution in [0.3, 0.4) is 0 Å². The summed E-state index contributed by atoms with van der Waals surface area (Å²) in [4.78, 5) is 0. The van der Waals surface area contributed by atoms with Crippen LogP contribution in [0.15, 0.2) is 0 Å². The van der Waals surface area contributed by atoms with Gasteiger partial charge in [-0.25, -0.2) is 0 Å². The Morgan fingerprint density at radius 3 is 2.36 bits per heavy atom. The maximum Gasteiger partial charge on any atom is 0.120 e. The van der Waals surface area contributed by atoms with Crippen LogP contribution in [-0.2, 0) is 4.74 Å². The van der Waals surface area contributed by atoms with E-state index in [-0.39, 0.29) is 11.3 Å². The van der Waals surface area contributed by atoms with Gasteiger partial charge in [0.05, 0.1) is 5.60 Å². The van der Waals surface area contributed by atoms with Crippen molar-refractivity contribution in [3.63, 3.8) is 0 Å². The summed E-state index contributed by atoms with van der Waals surface area (Å²) < 4.78 is 6.39. The molecule has 2 aliphatic carbocycles. The topological polar surface area (TPSA) is 21.3 Å². The zero-order valence-electron chi connectivity index (χ0n) is 9.31. The van der Waals surface area contributed by atoms with Crippen LogP contribution >= 0.6 is 0 Å². The summed E-state index contributed by atoms with van der Waals surface area (Å²) >= 11 is 0. The lowest BCUT2D eigenvalue weighted by atomic mass is 9.59. The van der Waals surface area contributed by atoms with Gasteiger partial charge in [0.25, 0.3) is 0 Å². The van der Waals surface area contributed by atoms with Gasteiger partial charge in [0.1, 0.15) is 5.72 Å². The van der Waals surface area contributed by atoms with E-state index in [0.717, 1.165) is 11.8 Å². The molecule has 0 aromatic heterocycles. The molecule has 4 rings (SSSR count). The molecule has 0 spiro atoms. The minimum absolute atomic E-state index is 0.0556. The molecule has 2 heteroatoms. The fourth-order valence-corrected chi connectivity index (χ4v) is 4.30. The van der Waals surface area contributed by atoms with Crippen LogP contribution in [0.2, 0.25) is 0 Å². The summed E-state index contributed by atoms with van der Waals surface area (Å²) in [5, 5.41) is 3.45. The normalized spacial score (nSPS) is 55.3. The van der Waals surface area contributed by atoms with Gasteiger partial charge in [0, 0.05) is 0 Å². The van der Waals surface area contributed by atoms with Crippen LogP contribution < -0.4 is 5.32 Å². The summed E-state index contributed by atoms with van der Waals surface area (Å²) in [6.07, 6.45) is 7.81. The van der Waals surface area contributed by atoms with E-state index in [4.69, 9.17) is 4.74 Å². The van der Waals surface area contributed by atoms with Crippen molar-refractivity contribution in [1.29, 1.82) is 0 Å². The number of rotatable bonds is 2. The van der Waals surface area contributed by atoms with Gasteiger partial charge in [-0.2, -0.15) is 0 Å². The van der Waals surface area contributed by atoms with Crippen molar-refractivity contribution in [2.45, 2.75) is 56.8 Å². The highest BCUT2D eigenvalue weighted by Gasteiger charge is 2.57. The van der Waals surface area contributed by atoms with Crippen molar-refractivity contribution < 1.29 is 4.74 Å². The van der Waals surface area contributed by atoms with Gasteiger partial charge in [0.2, 0.25) is 0 Å². The number of nitrogens with one attached hydrogen (secondary N) is 1. The first kappa shape index (κ1) is 9.17. The van der Waals surface area contributed by atoms with Crippen LogP contribution in [0, 0.1) is 11.8 Å². The van der Waals surface area contributed by atoms with Crippen LogP contribution in [0.4, 0.5) is 0 Å². The Kier molecular flexibility index (Phi) is 1.79. The predicted molar refractivity (Wildman–Crippen MR) is 56.0 cm³/mol. The minimum atomic E-state index is 0.0556. The van der Waals surface area contributed by atoms with Crippen molar-refractivity contribution in [2.75, 3.05) is 7.05 Å². The van der Waals surface area contributed by atoms with Gasteiger partial charge in [-0.1, -0.05) is 6.92 Å². The summed E-state index contributed by atoms with van der Waals surface area (Å²) in [6.45, 7) is 2.29. The molecule has 1 N–H and O–H groups in total. The summed E-state index contributed by atoms with van der Waals surface area (Å²) in [5.74, 6) is 1.87. The standard InChI is InChI=1S/C12H21NO/c1-3-11-5-9-4-10(6-11)8-12(7-9,13-2)14-11/h9-10,13H,3-8H2,1-2H3/t9-,10+,11?,12?. The van der Waals surface area contributed by atoms with Crippen molar-refractivity contribution in [3.8, 4) is 0 Å². The second kappa shape index (κ2) is 2.73. The molecule has 2 heterocycles. The molecule has 0 aromatic carbocycles. The van der Waals surface area contributed by atoms with Crippen molar-refractivity contribution in [3.05, 3.63) is 0 Å². The highest BCUT2D eigenvalue weighted by atomic mass is 16.5. The zero-order valence-corrected chi connectivity index (χ0v) is 9.31. The quantitative estimate of drug-likeness (QED) is 0.730. The fourth-order valence-electron chi connectivity index (χ4n) is 4.30. The zero-order chi connectivity index (χ0) is 9.81. The first-order chi connectivity index (χ1) is 6.69. The molecule has 2 aliphatic heterocycles. The van der Waals surface area contributed by atoms with E-state index in [0.29, 0.717) is 0 Å². The second-order valence-corrected chi connectivity index (χ2v) is 5.67. The Bertz CT molecular complexity index is 215. The summed E-state index contributed by atoms with van der Waals surface area (Å²) in [6, 6.07) is 0. The average Bonchev–Trinajstić information content (AvgIpc) is 2.16. The van der Waals surface area contributed by atoms with E-state index in [1.165, 1.54) is 38.5 Å². The third-order valence-electron chi connectivity index (χ3n) is 4.74. The summed E-state index contributed by atoms with van der Waals surface area (Å²) in [7, 11) is 2.07. The molecule has 4 aliphatic rings. The average molecular weight is 195 g/mol. The molecule has 4 bridgehead atoms. The van der Waals surface area contributed by atoms with E-state index >= 15 is 0 Å². The largest absolute Gasteiger partial charge is 0.354 e. The molecule has 2 saturated carbocycles. The van der Waals surface area contributed by atoms with Crippen molar-refractivity contribution in [1.82, 2.24) is 5.32 Å². The lowest BCUT2D eigenvalue weighted by Gasteiger charge is -2.61. The first-order valence-electron chi connectivity index (χ1n) is 6.08. The van der Waals surface area contributed by atoms with Crippen molar-refractivity contribution in [2.24, 2.45) is 11.8 Å². The highest BCUT2D eigenvalue weighted by molar-refractivity contribution is 5.06. The third kappa shape index (κ3) is 1.10. The highest BCUT2D eigenvalue weighted by Crippen LogP contribution is 2.57. The molecule has 14 heavy (non-hydrogen) atoms. The van der Waals surface area contributed by atoms with Crippen molar-refractivity contribution >= 4 is 0 Å². The Balaban J connectivity index is 1.94. The monoisotopic (exact) mass is 195 g/mol. The molecule has 2 unspecified atom stereocenters. The first-order valence-corrected chi connectivity index (χ1v) is 6.08. The smallest absolute Gasteiger partial charge is 0.120 e. The molecule has 2 nitrogen and oxygen atoms in total. The summed E-state index contributed by atoms with van der Waals surface area (Å²) in [5.41, 5.74) is 0.299. The Morgan fingerprint density at radius 2 is 1.86 bits per heavy atom. The predicted octanol–water partition coefficient (Wildman–Crippen LogP) is 2.29. The van der Waals surface area contributed by atoms with Gasteiger partial charge in [-0.3, -0.25) is 5.32 Å². The van der Waals surface area contributed by atoms with Crippen LogP contribution in [0.1, 0.15) is 45.4 Å². The maximum absolute atomic E-state index is 6.39. The van der Waals surface area contributed by atoms with E-state index < -0.39 is 0 Å². The Morgan fingerprint density at radius 1 is 1.21 bits per heavy atom. The molecule has 0 radical (unpaired) electrons. The van der Waals surface area contributed by atoms with Crippen LogP contribution in [-0.4, -0.2) is 18.4 Å². The van der Waals surface area contributed by atoms with Gasteiger partial charge >= 0.3 is 0 Å². The number of hydrogen-bond donors (Lipinski definition) is 1. The molecule has 0 aromatic rings. The van der Waals surface area contributed by atoms with Crippen LogP contribution in [0.5, 0.6) is 0 Å². The van der Waals surface area contributed by atoms with Crippen LogP contribution in [0.25, 0.3) is 0 Å². The molecular weight excluding hydrogens is 174 g/mol. The molecule has 4 atom stereocenters. The number of hydrogen-bond acceptors (Lipinski definition) is 2. The SMILES string of the molecule is CCC12C[C@H]3C[C@@H](C1)CC(NC)(C3)O2. The Labute approximate surface area is 86.4 Å². The molecule has 0 amide bonds. The fraction of sp³-hybridized carbons (Fsp3) is 1.00. The Hall–Kier alpha value is -0.0800. The third-order valence-corrected chi connectivity index (χ3v) is 4.74. The van der Waals surface area contributed by atoms with Gasteiger partial charge < -0.3 is 4.74 Å². The molecule has 2 saturated heterocycles. The second-order valence-electron chi connectivity index (χ2n) is 5.67. The van der Waals surface area contributed by atoms with E-state index in [9.17, 15) is 0 Å². The van der Waals surface area contributed by atoms with E-state index in [1.54, 1.807) is 0 Å². The van der Waals surface area contributed by atoms with Gasteiger partial charge in [0.15, 0.2) is 0 Å². The molecule has 80 valence electrons.